The van der Waals surface area contributed by atoms with Crippen LogP contribution in [0.2, 0.25) is 0 Å². The number of rotatable bonds is 2. The van der Waals surface area contributed by atoms with E-state index >= 15 is 0 Å². The highest BCUT2D eigenvalue weighted by atomic mass is 16.2. The summed E-state index contributed by atoms with van der Waals surface area (Å²) >= 11 is 0. The summed E-state index contributed by atoms with van der Waals surface area (Å²) in [6.45, 7) is 7.98. The van der Waals surface area contributed by atoms with Gasteiger partial charge in [-0.1, -0.05) is 32.9 Å². The van der Waals surface area contributed by atoms with Gasteiger partial charge in [0, 0.05) is 18.5 Å². The van der Waals surface area contributed by atoms with Crippen LogP contribution in [0.4, 0.5) is 11.4 Å². The quantitative estimate of drug-likeness (QED) is 0.880. The molecule has 1 heterocycles. The fourth-order valence-corrected chi connectivity index (χ4v) is 2.30. The van der Waals surface area contributed by atoms with E-state index < -0.39 is 0 Å². The van der Waals surface area contributed by atoms with Crippen molar-refractivity contribution in [2.75, 3.05) is 23.3 Å². The summed E-state index contributed by atoms with van der Waals surface area (Å²) in [7, 11) is 0. The molecule has 0 atom stereocenters. The van der Waals surface area contributed by atoms with E-state index in [0.29, 0.717) is 0 Å². The monoisotopic (exact) mass is 260 g/mol. The Morgan fingerprint density at radius 3 is 2.37 bits per heavy atom. The average Bonchev–Trinajstić information content (AvgIpc) is 2.39. The van der Waals surface area contributed by atoms with Crippen LogP contribution in [0.3, 0.4) is 0 Å². The van der Waals surface area contributed by atoms with Gasteiger partial charge >= 0.3 is 0 Å². The minimum absolute atomic E-state index is 0.0666. The molecular weight excluding hydrogens is 236 g/mol. The van der Waals surface area contributed by atoms with Gasteiger partial charge in [0.2, 0.25) is 5.91 Å². The van der Waals surface area contributed by atoms with Crippen LogP contribution in [0, 0.1) is 5.41 Å². The highest BCUT2D eigenvalue weighted by Gasteiger charge is 2.23. The summed E-state index contributed by atoms with van der Waals surface area (Å²) in [5.74, 6) is 0.0666. The van der Waals surface area contributed by atoms with Gasteiger partial charge < -0.3 is 10.2 Å². The van der Waals surface area contributed by atoms with Crippen LogP contribution >= 0.6 is 0 Å². The minimum Gasteiger partial charge on any atom is -0.370 e. The number of anilines is 2. The molecule has 1 aliphatic rings. The van der Waals surface area contributed by atoms with Gasteiger partial charge in [0.15, 0.2) is 0 Å². The van der Waals surface area contributed by atoms with Gasteiger partial charge in [-0.2, -0.15) is 0 Å². The van der Waals surface area contributed by atoms with E-state index in [1.807, 2.05) is 39.0 Å². The van der Waals surface area contributed by atoms with E-state index in [9.17, 15) is 4.79 Å². The van der Waals surface area contributed by atoms with Crippen LogP contribution in [0.25, 0.3) is 0 Å². The van der Waals surface area contributed by atoms with Crippen molar-refractivity contribution in [2.24, 2.45) is 5.41 Å². The third-order valence-electron chi connectivity index (χ3n) is 3.53. The largest absolute Gasteiger partial charge is 0.370 e. The Balaban J connectivity index is 2.18. The van der Waals surface area contributed by atoms with E-state index in [2.05, 4.69) is 16.3 Å². The zero-order valence-electron chi connectivity index (χ0n) is 12.2. The molecular formula is C16H24N2O. The molecule has 0 aliphatic carbocycles. The van der Waals surface area contributed by atoms with Crippen molar-refractivity contribution < 1.29 is 4.79 Å². The van der Waals surface area contributed by atoms with Crippen molar-refractivity contribution >= 4 is 17.3 Å². The molecule has 19 heavy (non-hydrogen) atoms. The number of carbonyl (C=O) groups excluding carboxylic acids is 1. The first-order chi connectivity index (χ1) is 8.98. The third kappa shape index (κ3) is 3.49. The van der Waals surface area contributed by atoms with Gasteiger partial charge in [0.05, 0.1) is 11.4 Å². The van der Waals surface area contributed by atoms with Crippen molar-refractivity contribution in [3.63, 3.8) is 0 Å². The van der Waals surface area contributed by atoms with Gasteiger partial charge in [-0.25, -0.2) is 0 Å². The first-order valence-electron chi connectivity index (χ1n) is 7.14. The number of amides is 1. The normalized spacial score (nSPS) is 16.3. The number of hydrogen-bond acceptors (Lipinski definition) is 2. The van der Waals surface area contributed by atoms with E-state index in [1.54, 1.807) is 0 Å². The summed E-state index contributed by atoms with van der Waals surface area (Å²) in [6, 6.07) is 8.11. The molecule has 0 spiro atoms. The number of carbonyl (C=O) groups is 1. The molecule has 0 saturated carbocycles. The van der Waals surface area contributed by atoms with E-state index in [1.165, 1.54) is 19.3 Å². The van der Waals surface area contributed by atoms with Crippen LogP contribution in [-0.2, 0) is 4.79 Å². The molecule has 1 saturated heterocycles. The number of para-hydroxylation sites is 2. The van der Waals surface area contributed by atoms with Gasteiger partial charge in [0.25, 0.3) is 0 Å². The van der Waals surface area contributed by atoms with Crippen molar-refractivity contribution in [3.8, 4) is 0 Å². The maximum Gasteiger partial charge on any atom is 0.229 e. The lowest BCUT2D eigenvalue weighted by Gasteiger charge is -2.31. The van der Waals surface area contributed by atoms with Gasteiger partial charge in [0.1, 0.15) is 0 Å². The molecule has 1 aliphatic heterocycles. The maximum absolute atomic E-state index is 12.1. The summed E-state index contributed by atoms with van der Waals surface area (Å²) in [6.07, 6.45) is 3.79. The zero-order valence-corrected chi connectivity index (χ0v) is 12.2. The maximum atomic E-state index is 12.1. The molecule has 2 rings (SSSR count). The lowest BCUT2D eigenvalue weighted by atomic mass is 9.95. The molecule has 0 unspecified atom stereocenters. The molecule has 3 nitrogen and oxygen atoms in total. The molecule has 1 aromatic rings. The Hall–Kier alpha value is -1.51. The van der Waals surface area contributed by atoms with Gasteiger partial charge in [-0.3, -0.25) is 4.79 Å². The molecule has 1 fully saturated rings. The minimum atomic E-state index is -0.366. The standard InChI is InChI=1S/C16H24N2O/c1-16(2,3)15(19)17-13-9-5-6-10-14(13)18-11-7-4-8-12-18/h5-6,9-10H,4,7-8,11-12H2,1-3H3,(H,17,19). The lowest BCUT2D eigenvalue weighted by Crippen LogP contribution is -2.32. The lowest BCUT2D eigenvalue weighted by molar-refractivity contribution is -0.123. The van der Waals surface area contributed by atoms with Crippen molar-refractivity contribution in [1.29, 1.82) is 0 Å². The highest BCUT2D eigenvalue weighted by Crippen LogP contribution is 2.29. The summed E-state index contributed by atoms with van der Waals surface area (Å²) in [5.41, 5.74) is 1.72. The van der Waals surface area contributed by atoms with Crippen molar-refractivity contribution in [1.82, 2.24) is 0 Å². The van der Waals surface area contributed by atoms with E-state index in [-0.39, 0.29) is 11.3 Å². The number of benzene rings is 1. The third-order valence-corrected chi connectivity index (χ3v) is 3.53. The second-order valence-electron chi connectivity index (χ2n) is 6.27. The molecule has 0 radical (unpaired) electrons. The Morgan fingerprint density at radius 1 is 1.11 bits per heavy atom. The predicted octanol–water partition coefficient (Wildman–Crippen LogP) is 3.66. The van der Waals surface area contributed by atoms with Crippen LogP contribution < -0.4 is 10.2 Å². The Kier molecular flexibility index (Phi) is 4.13. The molecule has 3 heteroatoms. The van der Waals surface area contributed by atoms with Crippen molar-refractivity contribution in [3.05, 3.63) is 24.3 Å². The SMILES string of the molecule is CC(C)(C)C(=O)Nc1ccccc1N1CCCCC1. The highest BCUT2D eigenvalue weighted by molar-refractivity contribution is 5.97. The fraction of sp³-hybridized carbons (Fsp3) is 0.562. The molecule has 0 bridgehead atoms. The van der Waals surface area contributed by atoms with E-state index in [0.717, 1.165) is 24.5 Å². The van der Waals surface area contributed by atoms with Gasteiger partial charge in [-0.05, 0) is 31.4 Å². The summed E-state index contributed by atoms with van der Waals surface area (Å²) in [5, 5.41) is 3.07. The number of nitrogens with one attached hydrogen (secondary N) is 1. The first-order valence-corrected chi connectivity index (χ1v) is 7.14. The van der Waals surface area contributed by atoms with Crippen LogP contribution in [0.5, 0.6) is 0 Å². The molecule has 1 amide bonds. The molecule has 1 N–H and O–H groups in total. The number of nitrogens with zero attached hydrogens (tertiary/aromatic N) is 1. The zero-order chi connectivity index (χ0) is 13.9. The second-order valence-corrected chi connectivity index (χ2v) is 6.27. The Bertz CT molecular complexity index is 442. The summed E-state index contributed by atoms with van der Waals surface area (Å²) in [4.78, 5) is 14.5. The summed E-state index contributed by atoms with van der Waals surface area (Å²) < 4.78 is 0. The molecule has 0 aromatic heterocycles. The molecule has 1 aromatic carbocycles. The van der Waals surface area contributed by atoms with Crippen molar-refractivity contribution in [2.45, 2.75) is 40.0 Å². The smallest absolute Gasteiger partial charge is 0.229 e. The Morgan fingerprint density at radius 2 is 1.74 bits per heavy atom. The number of piperidine rings is 1. The fourth-order valence-electron chi connectivity index (χ4n) is 2.30. The second kappa shape index (κ2) is 5.64. The molecule has 104 valence electrons. The van der Waals surface area contributed by atoms with Gasteiger partial charge in [-0.15, -0.1) is 0 Å². The van der Waals surface area contributed by atoms with E-state index in [4.69, 9.17) is 0 Å². The first kappa shape index (κ1) is 13.9. The average molecular weight is 260 g/mol. The number of hydrogen-bond donors (Lipinski definition) is 1. The Labute approximate surface area is 116 Å². The predicted molar refractivity (Wildman–Crippen MR) is 80.6 cm³/mol. The van der Waals surface area contributed by atoms with Crippen LogP contribution in [0.15, 0.2) is 24.3 Å². The van der Waals surface area contributed by atoms with Crippen LogP contribution in [-0.4, -0.2) is 19.0 Å². The topological polar surface area (TPSA) is 32.3 Å². The van der Waals surface area contributed by atoms with Crippen LogP contribution in [0.1, 0.15) is 40.0 Å².